The summed E-state index contributed by atoms with van der Waals surface area (Å²) in [6.07, 6.45) is 1.81. The highest BCUT2D eigenvalue weighted by atomic mass is 32.1. The number of allylic oxidation sites excluding steroid dienone is 1. The maximum atomic E-state index is 12.4. The second kappa shape index (κ2) is 8.46. The van der Waals surface area contributed by atoms with Gasteiger partial charge in [-0.15, -0.1) is 11.3 Å². The Morgan fingerprint density at radius 3 is 2.44 bits per heavy atom. The number of hydrogen-bond acceptors (Lipinski definition) is 5. The molecule has 0 radical (unpaired) electrons. The lowest BCUT2D eigenvalue weighted by Gasteiger charge is -2.02. The molecule has 0 bridgehead atoms. The molecule has 0 atom stereocenters. The molecule has 5 heteroatoms. The second-order valence-electron chi connectivity index (χ2n) is 7.18. The summed E-state index contributed by atoms with van der Waals surface area (Å²) in [6.45, 7) is 0. The number of fused-ring (bicyclic) bond motifs is 1. The van der Waals surface area contributed by atoms with Crippen LogP contribution in [0.5, 0.6) is 0 Å². The van der Waals surface area contributed by atoms with Crippen molar-refractivity contribution in [3.8, 4) is 28.5 Å². The van der Waals surface area contributed by atoms with E-state index >= 15 is 0 Å². The lowest BCUT2D eigenvalue weighted by Crippen LogP contribution is -2.02. The van der Waals surface area contributed by atoms with E-state index in [0.717, 1.165) is 22.1 Å². The Kier molecular flexibility index (Phi) is 5.20. The number of nitriles is 1. The predicted molar refractivity (Wildman–Crippen MR) is 129 cm³/mol. The highest BCUT2D eigenvalue weighted by Gasteiger charge is 2.14. The lowest BCUT2D eigenvalue weighted by atomic mass is 10.0. The van der Waals surface area contributed by atoms with Crippen molar-refractivity contribution in [3.05, 3.63) is 111 Å². The van der Waals surface area contributed by atoms with Crippen LogP contribution in [0.2, 0.25) is 0 Å². The Bertz CT molecular complexity index is 1540. The zero-order valence-electron chi connectivity index (χ0n) is 16.9. The molecule has 2 aromatic heterocycles. The van der Waals surface area contributed by atoms with E-state index in [2.05, 4.69) is 23.2 Å². The molecule has 0 saturated carbocycles. The van der Waals surface area contributed by atoms with Crippen molar-refractivity contribution in [2.45, 2.75) is 0 Å². The molecule has 0 fully saturated rings. The SMILES string of the molecule is N#CC(=Cc1ccc(-c2ccccc2)cc1)c1nc(-c2cc3ccccc3oc2=O)cs1. The van der Waals surface area contributed by atoms with Gasteiger partial charge in [0.15, 0.2) is 0 Å². The van der Waals surface area contributed by atoms with E-state index in [-0.39, 0.29) is 0 Å². The third-order valence-electron chi connectivity index (χ3n) is 5.10. The number of nitrogens with zero attached hydrogens (tertiary/aromatic N) is 2. The second-order valence-corrected chi connectivity index (χ2v) is 8.04. The van der Waals surface area contributed by atoms with Gasteiger partial charge in [-0.1, -0.05) is 72.8 Å². The van der Waals surface area contributed by atoms with Crippen molar-refractivity contribution < 1.29 is 4.42 Å². The number of benzene rings is 3. The number of thiazole rings is 1. The first-order valence-corrected chi connectivity index (χ1v) is 10.9. The highest BCUT2D eigenvalue weighted by molar-refractivity contribution is 7.11. The van der Waals surface area contributed by atoms with E-state index < -0.39 is 5.63 Å². The first-order chi connectivity index (χ1) is 15.7. The Morgan fingerprint density at radius 1 is 0.938 bits per heavy atom. The van der Waals surface area contributed by atoms with Gasteiger partial charge in [0.05, 0.1) is 16.8 Å². The Labute approximate surface area is 188 Å². The summed E-state index contributed by atoms with van der Waals surface area (Å²) in [6, 6.07) is 29.5. The minimum atomic E-state index is -0.445. The fourth-order valence-electron chi connectivity index (χ4n) is 3.47. The van der Waals surface area contributed by atoms with Crippen LogP contribution in [0, 0.1) is 11.3 Å². The van der Waals surface area contributed by atoms with Gasteiger partial charge in [-0.05, 0) is 34.9 Å². The van der Waals surface area contributed by atoms with E-state index in [4.69, 9.17) is 4.42 Å². The standard InChI is InChI=1S/C27H16N2O2S/c28-16-22(14-18-10-12-20(13-11-18)19-6-2-1-3-7-19)26-29-24(17-32-26)23-15-21-8-4-5-9-25(21)31-27(23)30/h1-15,17H. The topological polar surface area (TPSA) is 66.9 Å². The summed E-state index contributed by atoms with van der Waals surface area (Å²) in [5.74, 6) is 0. The number of rotatable bonds is 4. The van der Waals surface area contributed by atoms with Gasteiger partial charge in [0.2, 0.25) is 0 Å². The summed E-state index contributed by atoms with van der Waals surface area (Å²) in [5, 5.41) is 12.9. The minimum absolute atomic E-state index is 0.385. The van der Waals surface area contributed by atoms with Crippen LogP contribution in [-0.2, 0) is 0 Å². The normalized spacial score (nSPS) is 11.4. The average molecular weight is 433 g/mol. The molecule has 0 amide bonds. The quantitative estimate of drug-likeness (QED) is 0.236. The fraction of sp³-hybridized carbons (Fsp3) is 0. The zero-order valence-corrected chi connectivity index (χ0v) is 17.7. The minimum Gasteiger partial charge on any atom is -0.422 e. The molecule has 2 heterocycles. The van der Waals surface area contributed by atoms with Gasteiger partial charge in [-0.25, -0.2) is 9.78 Å². The van der Waals surface area contributed by atoms with E-state index in [9.17, 15) is 10.1 Å². The van der Waals surface area contributed by atoms with Crippen molar-refractivity contribution in [2.24, 2.45) is 0 Å². The molecule has 0 unspecified atom stereocenters. The van der Waals surface area contributed by atoms with Crippen LogP contribution in [0.3, 0.4) is 0 Å². The van der Waals surface area contributed by atoms with Crippen molar-refractivity contribution in [3.63, 3.8) is 0 Å². The van der Waals surface area contributed by atoms with E-state index in [1.807, 2.05) is 60.7 Å². The highest BCUT2D eigenvalue weighted by Crippen LogP contribution is 2.28. The van der Waals surface area contributed by atoms with Crippen molar-refractivity contribution in [1.82, 2.24) is 4.98 Å². The number of para-hydroxylation sites is 1. The third kappa shape index (κ3) is 3.87. The molecule has 0 N–H and O–H groups in total. The Hall–Kier alpha value is -4.27. The van der Waals surface area contributed by atoms with Gasteiger partial charge < -0.3 is 4.42 Å². The van der Waals surface area contributed by atoms with E-state index in [0.29, 0.717) is 27.4 Å². The van der Waals surface area contributed by atoms with E-state index in [1.54, 1.807) is 23.6 Å². The van der Waals surface area contributed by atoms with Crippen LogP contribution in [0.15, 0.2) is 99.5 Å². The molecule has 5 rings (SSSR count). The van der Waals surface area contributed by atoms with Gasteiger partial charge in [0.25, 0.3) is 0 Å². The van der Waals surface area contributed by atoms with E-state index in [1.165, 1.54) is 11.3 Å². The molecule has 32 heavy (non-hydrogen) atoms. The maximum absolute atomic E-state index is 12.4. The molecule has 4 nitrogen and oxygen atoms in total. The summed E-state index contributed by atoms with van der Waals surface area (Å²) >= 11 is 1.33. The third-order valence-corrected chi connectivity index (χ3v) is 5.98. The molecule has 0 aliphatic rings. The van der Waals surface area contributed by atoms with Crippen LogP contribution in [0.25, 0.3) is 45.0 Å². The molecule has 5 aromatic rings. The molecular weight excluding hydrogens is 416 g/mol. The first-order valence-electron chi connectivity index (χ1n) is 9.98. The number of aromatic nitrogens is 1. The van der Waals surface area contributed by atoms with Crippen LogP contribution in [-0.4, -0.2) is 4.98 Å². The zero-order chi connectivity index (χ0) is 21.9. The number of hydrogen-bond donors (Lipinski definition) is 0. The molecule has 0 spiro atoms. The van der Waals surface area contributed by atoms with Gasteiger partial charge in [0.1, 0.15) is 16.7 Å². The molecule has 3 aromatic carbocycles. The lowest BCUT2D eigenvalue weighted by molar-refractivity contribution is 0.563. The smallest absolute Gasteiger partial charge is 0.345 e. The molecule has 152 valence electrons. The van der Waals surface area contributed by atoms with Gasteiger partial charge >= 0.3 is 5.63 Å². The monoisotopic (exact) mass is 432 g/mol. The van der Waals surface area contributed by atoms with Crippen molar-refractivity contribution in [2.75, 3.05) is 0 Å². The molecule has 0 aliphatic heterocycles. The fourth-order valence-corrected chi connectivity index (χ4v) is 4.26. The predicted octanol–water partition coefficient (Wildman–Crippen LogP) is 6.65. The maximum Gasteiger partial charge on any atom is 0.345 e. The summed E-state index contributed by atoms with van der Waals surface area (Å²) < 4.78 is 5.42. The summed E-state index contributed by atoms with van der Waals surface area (Å²) in [4.78, 5) is 17.0. The average Bonchev–Trinajstić information content (AvgIpc) is 3.33. The van der Waals surface area contributed by atoms with Crippen LogP contribution < -0.4 is 5.63 Å². The van der Waals surface area contributed by atoms with Crippen LogP contribution in [0.1, 0.15) is 10.6 Å². The largest absolute Gasteiger partial charge is 0.422 e. The summed E-state index contributed by atoms with van der Waals surface area (Å²) in [5.41, 5.74) is 4.58. The van der Waals surface area contributed by atoms with Crippen LogP contribution >= 0.6 is 11.3 Å². The van der Waals surface area contributed by atoms with Crippen LogP contribution in [0.4, 0.5) is 0 Å². The molecule has 0 aliphatic carbocycles. The van der Waals surface area contributed by atoms with Gasteiger partial charge in [-0.3, -0.25) is 0 Å². The van der Waals surface area contributed by atoms with Gasteiger partial charge in [0, 0.05) is 10.8 Å². The Balaban J connectivity index is 1.46. The van der Waals surface area contributed by atoms with Gasteiger partial charge in [-0.2, -0.15) is 5.26 Å². The van der Waals surface area contributed by atoms with Crippen molar-refractivity contribution >= 4 is 34.0 Å². The van der Waals surface area contributed by atoms with Crippen molar-refractivity contribution in [1.29, 1.82) is 5.26 Å². The summed E-state index contributed by atoms with van der Waals surface area (Å²) in [7, 11) is 0. The first kappa shape index (κ1) is 19.7. The Morgan fingerprint density at radius 2 is 1.66 bits per heavy atom. The molecular formula is C27H16N2O2S. The molecule has 0 saturated heterocycles.